The molecule has 0 fully saturated rings. The van der Waals surface area contributed by atoms with Gasteiger partial charge in [0.25, 0.3) is 0 Å². The van der Waals surface area contributed by atoms with Crippen LogP contribution in [0.3, 0.4) is 0 Å². The molecule has 0 unspecified atom stereocenters. The third-order valence-electron chi connectivity index (χ3n) is 9.85. The zero-order chi connectivity index (χ0) is 30.9. The van der Waals surface area contributed by atoms with Crippen LogP contribution in [0.4, 0.5) is 0 Å². The van der Waals surface area contributed by atoms with Crippen LogP contribution >= 0.6 is 0 Å². The number of rotatable bonds is 4. The molecule has 0 saturated carbocycles. The van der Waals surface area contributed by atoms with Gasteiger partial charge in [-0.15, -0.1) is 0 Å². The average molecular weight is 597 g/mol. The molecule has 0 amide bonds. The van der Waals surface area contributed by atoms with Gasteiger partial charge in [0.15, 0.2) is 0 Å². The fraction of sp³-hybridized carbons (Fsp3) is 0. The van der Waals surface area contributed by atoms with E-state index in [9.17, 15) is 0 Å². The summed E-state index contributed by atoms with van der Waals surface area (Å²) in [5.41, 5.74) is 11.4. The molecule has 1 aromatic heterocycles. The Kier molecular flexibility index (Phi) is 5.64. The molecular weight excluding hydrogens is 569 g/mol. The maximum Gasteiger partial charge on any atom is 0.143 e. The Hall–Kier alpha value is -6.18. The van der Waals surface area contributed by atoms with Crippen molar-refractivity contribution in [3.63, 3.8) is 0 Å². The minimum atomic E-state index is 0.898. The first-order chi connectivity index (χ1) is 23.3. The summed E-state index contributed by atoms with van der Waals surface area (Å²) in [6.07, 6.45) is 0. The quantitative estimate of drug-likeness (QED) is 0.184. The highest BCUT2D eigenvalue weighted by Crippen LogP contribution is 2.47. The van der Waals surface area contributed by atoms with E-state index in [0.717, 1.165) is 33.1 Å². The molecule has 0 N–H and O–H groups in total. The predicted molar refractivity (Wildman–Crippen MR) is 199 cm³/mol. The molecule has 10 rings (SSSR count). The van der Waals surface area contributed by atoms with Crippen molar-refractivity contribution in [2.24, 2.45) is 0 Å². The Morgan fingerprint density at radius 3 is 1.47 bits per heavy atom. The number of furan rings is 1. The van der Waals surface area contributed by atoms with E-state index >= 15 is 0 Å². The molecule has 1 heteroatoms. The average Bonchev–Trinajstić information content (AvgIpc) is 3.53. The summed E-state index contributed by atoms with van der Waals surface area (Å²) in [6, 6.07) is 61.4. The molecule has 10 aromatic rings. The van der Waals surface area contributed by atoms with Gasteiger partial charge in [-0.05, 0) is 89.5 Å². The molecule has 0 aliphatic carbocycles. The first kappa shape index (κ1) is 26.1. The van der Waals surface area contributed by atoms with Gasteiger partial charge in [0, 0.05) is 16.3 Å². The Morgan fingerprint density at radius 2 is 0.809 bits per heavy atom. The van der Waals surface area contributed by atoms with Gasteiger partial charge < -0.3 is 4.42 Å². The molecule has 0 aliphatic rings. The lowest BCUT2D eigenvalue weighted by atomic mass is 9.86. The van der Waals surface area contributed by atoms with Crippen molar-refractivity contribution in [3.05, 3.63) is 170 Å². The van der Waals surface area contributed by atoms with Crippen molar-refractivity contribution in [3.8, 4) is 44.5 Å². The molecule has 0 bridgehead atoms. The van der Waals surface area contributed by atoms with E-state index in [1.165, 1.54) is 65.7 Å². The summed E-state index contributed by atoms with van der Waals surface area (Å²) in [6.45, 7) is 0. The molecule has 218 valence electrons. The van der Waals surface area contributed by atoms with E-state index in [1.807, 2.05) is 0 Å². The highest BCUT2D eigenvalue weighted by Gasteiger charge is 2.21. The summed E-state index contributed by atoms with van der Waals surface area (Å²) in [7, 11) is 0. The van der Waals surface area contributed by atoms with Gasteiger partial charge in [-0.3, -0.25) is 0 Å². The van der Waals surface area contributed by atoms with Gasteiger partial charge in [0.05, 0.1) is 0 Å². The Bertz CT molecular complexity index is 2750. The van der Waals surface area contributed by atoms with Crippen molar-refractivity contribution >= 4 is 54.3 Å². The second kappa shape index (κ2) is 10.2. The van der Waals surface area contributed by atoms with E-state index in [2.05, 4.69) is 170 Å². The summed E-state index contributed by atoms with van der Waals surface area (Å²) in [5.74, 6) is 0. The standard InChI is InChI=1S/C46H28O/c1-4-10-29(11-5-1)34-20-27-42-41(28-34)45-40(26-25-36(46(45)47-42)31-14-8-3-9-15-31)37-22-17-33-18-23-38-35(30-12-6-2-7-13-30)21-16-32-19-24-39(37)44(33)43(32)38/h1-28H. The van der Waals surface area contributed by atoms with Gasteiger partial charge in [0.1, 0.15) is 11.2 Å². The van der Waals surface area contributed by atoms with Crippen molar-refractivity contribution in [1.29, 1.82) is 0 Å². The number of hydrogen-bond donors (Lipinski definition) is 0. The minimum Gasteiger partial charge on any atom is -0.455 e. The van der Waals surface area contributed by atoms with Crippen molar-refractivity contribution in [1.82, 2.24) is 0 Å². The smallest absolute Gasteiger partial charge is 0.143 e. The fourth-order valence-electron chi connectivity index (χ4n) is 7.67. The molecule has 0 spiro atoms. The van der Waals surface area contributed by atoms with Gasteiger partial charge in [0.2, 0.25) is 0 Å². The zero-order valence-corrected chi connectivity index (χ0v) is 25.6. The Labute approximate surface area is 272 Å². The van der Waals surface area contributed by atoms with E-state index < -0.39 is 0 Å². The zero-order valence-electron chi connectivity index (χ0n) is 25.6. The van der Waals surface area contributed by atoms with Crippen molar-refractivity contribution < 1.29 is 4.42 Å². The van der Waals surface area contributed by atoms with Gasteiger partial charge in [-0.25, -0.2) is 0 Å². The van der Waals surface area contributed by atoms with E-state index in [0.29, 0.717) is 0 Å². The highest BCUT2D eigenvalue weighted by atomic mass is 16.3. The normalized spacial score (nSPS) is 11.8. The third kappa shape index (κ3) is 3.97. The lowest BCUT2D eigenvalue weighted by Crippen LogP contribution is -1.90. The van der Waals surface area contributed by atoms with Crippen LogP contribution in [0.15, 0.2) is 174 Å². The van der Waals surface area contributed by atoms with Crippen LogP contribution in [0.1, 0.15) is 0 Å². The summed E-state index contributed by atoms with van der Waals surface area (Å²) in [4.78, 5) is 0. The Balaban J connectivity index is 1.30. The third-order valence-corrected chi connectivity index (χ3v) is 9.85. The molecule has 1 nitrogen and oxygen atoms in total. The highest BCUT2D eigenvalue weighted by molar-refractivity contribution is 6.29. The first-order valence-electron chi connectivity index (χ1n) is 16.2. The van der Waals surface area contributed by atoms with Crippen LogP contribution in [-0.4, -0.2) is 0 Å². The van der Waals surface area contributed by atoms with Crippen molar-refractivity contribution in [2.75, 3.05) is 0 Å². The van der Waals surface area contributed by atoms with Crippen LogP contribution in [0.25, 0.3) is 98.8 Å². The second-order valence-electron chi connectivity index (χ2n) is 12.4. The maximum absolute atomic E-state index is 6.78. The summed E-state index contributed by atoms with van der Waals surface area (Å²) in [5, 5.41) is 9.98. The van der Waals surface area contributed by atoms with Crippen LogP contribution in [0, 0.1) is 0 Å². The number of fused-ring (bicyclic) bond motifs is 3. The molecule has 1 heterocycles. The van der Waals surface area contributed by atoms with Crippen LogP contribution in [-0.2, 0) is 0 Å². The van der Waals surface area contributed by atoms with E-state index in [1.54, 1.807) is 0 Å². The lowest BCUT2D eigenvalue weighted by molar-refractivity contribution is 0.670. The molecule has 0 aliphatic heterocycles. The largest absolute Gasteiger partial charge is 0.455 e. The van der Waals surface area contributed by atoms with E-state index in [-0.39, 0.29) is 0 Å². The second-order valence-corrected chi connectivity index (χ2v) is 12.4. The topological polar surface area (TPSA) is 13.1 Å². The van der Waals surface area contributed by atoms with Gasteiger partial charge >= 0.3 is 0 Å². The fourth-order valence-corrected chi connectivity index (χ4v) is 7.67. The molecule has 9 aromatic carbocycles. The van der Waals surface area contributed by atoms with Crippen molar-refractivity contribution in [2.45, 2.75) is 0 Å². The monoisotopic (exact) mass is 596 g/mol. The SMILES string of the molecule is c1ccc(-c2ccc3oc4c(-c5ccccc5)ccc(-c5ccc6ccc7c(-c8ccccc8)ccc8ccc5c6c87)c4c3c2)cc1. The molecule has 0 saturated heterocycles. The molecule has 0 atom stereocenters. The minimum absolute atomic E-state index is 0.898. The lowest BCUT2D eigenvalue weighted by Gasteiger charge is -2.17. The van der Waals surface area contributed by atoms with Gasteiger partial charge in [-0.1, -0.05) is 152 Å². The molecule has 47 heavy (non-hydrogen) atoms. The van der Waals surface area contributed by atoms with Crippen LogP contribution < -0.4 is 0 Å². The predicted octanol–water partition coefficient (Wildman–Crippen LogP) is 13.2. The van der Waals surface area contributed by atoms with Crippen LogP contribution in [0.5, 0.6) is 0 Å². The maximum atomic E-state index is 6.78. The summed E-state index contributed by atoms with van der Waals surface area (Å²) >= 11 is 0. The number of hydrogen-bond acceptors (Lipinski definition) is 1. The van der Waals surface area contributed by atoms with Crippen LogP contribution in [0.2, 0.25) is 0 Å². The molecular formula is C46H28O. The van der Waals surface area contributed by atoms with E-state index in [4.69, 9.17) is 4.42 Å². The summed E-state index contributed by atoms with van der Waals surface area (Å²) < 4.78 is 6.78. The first-order valence-corrected chi connectivity index (χ1v) is 16.2. The Morgan fingerprint density at radius 1 is 0.298 bits per heavy atom. The van der Waals surface area contributed by atoms with Gasteiger partial charge in [-0.2, -0.15) is 0 Å². The number of benzene rings is 9. The molecule has 0 radical (unpaired) electrons.